The van der Waals surface area contributed by atoms with E-state index in [0.717, 1.165) is 9.35 Å². The maximum absolute atomic E-state index is 12.7. The molecule has 2 aliphatic rings. The number of amides is 2. The maximum atomic E-state index is 12.7. The summed E-state index contributed by atoms with van der Waals surface area (Å²) in [6.45, 7) is 1.83. The number of carbonyl (C=O) groups excluding carboxylic acids is 3. The lowest BCUT2D eigenvalue weighted by Crippen LogP contribution is -2.71. The van der Waals surface area contributed by atoms with Crippen LogP contribution in [-0.2, 0) is 16.6 Å². The lowest BCUT2D eigenvalue weighted by molar-refractivity contribution is -0.301. The summed E-state index contributed by atoms with van der Waals surface area (Å²) in [7, 11) is 1.62. The third-order valence-electron chi connectivity index (χ3n) is 4.40. The third kappa shape index (κ3) is 3.82. The Morgan fingerprint density at radius 2 is 2.20 bits per heavy atom. The molecule has 10 nitrogen and oxygen atoms in total. The zero-order valence-corrected chi connectivity index (χ0v) is 18.8. The number of β-lactam (4-membered cyclic amide) rings is 1. The molecule has 0 radical (unpaired) electrons. The predicted octanol–water partition coefficient (Wildman–Crippen LogP) is 0.0432. The molecule has 4 rings (SSSR count). The summed E-state index contributed by atoms with van der Waals surface area (Å²) in [6, 6.07) is -0.866. The quantitative estimate of drug-likeness (QED) is 0.444. The number of aliphatic carboxylic acids is 1. The van der Waals surface area contributed by atoms with Gasteiger partial charge in [0.1, 0.15) is 16.4 Å². The second-order valence-electron chi connectivity index (χ2n) is 6.48. The minimum atomic E-state index is -1.42. The van der Waals surface area contributed by atoms with Crippen molar-refractivity contribution < 1.29 is 19.5 Å². The summed E-state index contributed by atoms with van der Waals surface area (Å²) in [5.41, 5.74) is 0.435. The topological polar surface area (TPSA) is 133 Å². The third-order valence-corrected chi connectivity index (χ3v) is 8.08. The van der Waals surface area contributed by atoms with Crippen LogP contribution in [0.5, 0.6) is 0 Å². The van der Waals surface area contributed by atoms with Gasteiger partial charge in [-0.25, -0.2) is 0 Å². The van der Waals surface area contributed by atoms with Gasteiger partial charge in [0, 0.05) is 24.8 Å². The van der Waals surface area contributed by atoms with Gasteiger partial charge < -0.3 is 15.2 Å². The highest BCUT2D eigenvalue weighted by Gasteiger charge is 2.53. The van der Waals surface area contributed by atoms with Gasteiger partial charge in [0.2, 0.25) is 0 Å². The van der Waals surface area contributed by atoms with E-state index in [9.17, 15) is 19.5 Å². The molecule has 2 aromatic heterocycles. The van der Waals surface area contributed by atoms with E-state index in [1.54, 1.807) is 7.05 Å². The zero-order valence-electron chi connectivity index (χ0n) is 15.6. The molecular weight excluding hydrogens is 472 g/mol. The van der Waals surface area contributed by atoms with Gasteiger partial charge in [0.25, 0.3) is 11.8 Å². The molecule has 0 aromatic carbocycles. The number of halogens is 1. The number of rotatable bonds is 6. The minimum Gasteiger partial charge on any atom is -0.543 e. The van der Waals surface area contributed by atoms with Gasteiger partial charge >= 0.3 is 0 Å². The highest BCUT2D eigenvalue weighted by atomic mass is 35.5. The van der Waals surface area contributed by atoms with Crippen LogP contribution in [0.25, 0.3) is 0 Å². The van der Waals surface area contributed by atoms with Gasteiger partial charge in [0.15, 0.2) is 10.0 Å². The average molecular weight is 486 g/mol. The number of carbonyl (C=O) groups is 3. The normalized spacial score (nSPS) is 20.8. The first-order valence-corrected chi connectivity index (χ1v) is 11.8. The smallest absolute Gasteiger partial charge is 0.274 e. The van der Waals surface area contributed by atoms with Crippen LogP contribution in [0.2, 0.25) is 5.02 Å². The van der Waals surface area contributed by atoms with Crippen molar-refractivity contribution in [2.75, 3.05) is 11.5 Å². The monoisotopic (exact) mass is 485 g/mol. The first-order valence-electron chi connectivity index (χ1n) is 8.57. The predicted molar refractivity (Wildman–Crippen MR) is 110 cm³/mol. The van der Waals surface area contributed by atoms with Crippen LogP contribution in [0.15, 0.2) is 21.8 Å². The van der Waals surface area contributed by atoms with Crippen molar-refractivity contribution in [3.05, 3.63) is 33.2 Å². The fourth-order valence-electron chi connectivity index (χ4n) is 3.09. The van der Waals surface area contributed by atoms with Crippen molar-refractivity contribution in [1.82, 2.24) is 30.2 Å². The number of thioether (sulfide) groups is 2. The molecular formula is C16H14ClN6O4S3-. The Morgan fingerprint density at radius 3 is 2.80 bits per heavy atom. The van der Waals surface area contributed by atoms with Crippen LogP contribution in [0.1, 0.15) is 15.5 Å². The van der Waals surface area contributed by atoms with Gasteiger partial charge in [-0.3, -0.25) is 19.2 Å². The summed E-state index contributed by atoms with van der Waals surface area (Å²) < 4.78 is 2.11. The molecule has 1 N–H and O–H groups in total. The lowest BCUT2D eigenvalue weighted by Gasteiger charge is -2.50. The Bertz CT molecular complexity index is 1080. The fraction of sp³-hybridized carbons (Fsp3) is 0.375. The van der Waals surface area contributed by atoms with Gasteiger partial charge in [-0.1, -0.05) is 34.7 Å². The number of hydrogen-bond donors (Lipinski definition) is 1. The summed E-state index contributed by atoms with van der Waals surface area (Å²) in [5, 5.41) is 26.8. The number of hydrogen-bond acceptors (Lipinski definition) is 10. The maximum Gasteiger partial charge on any atom is 0.274 e. The van der Waals surface area contributed by atoms with E-state index in [1.807, 2.05) is 6.92 Å². The van der Waals surface area contributed by atoms with Crippen LogP contribution < -0.4 is 10.4 Å². The Balaban J connectivity index is 1.49. The summed E-state index contributed by atoms with van der Waals surface area (Å²) in [5.74, 6) is -1.79. The first-order chi connectivity index (χ1) is 14.3. The molecule has 2 unspecified atom stereocenters. The second-order valence-corrected chi connectivity index (χ2v) is 10.4. The van der Waals surface area contributed by atoms with Crippen molar-refractivity contribution in [1.29, 1.82) is 0 Å². The molecule has 2 amide bonds. The van der Waals surface area contributed by atoms with Crippen molar-refractivity contribution in [2.45, 2.75) is 22.7 Å². The molecule has 0 spiro atoms. The second kappa shape index (κ2) is 8.21. The van der Waals surface area contributed by atoms with Gasteiger partial charge in [-0.05, 0) is 12.5 Å². The van der Waals surface area contributed by atoms with Crippen molar-refractivity contribution in [3.63, 3.8) is 0 Å². The lowest BCUT2D eigenvalue weighted by atomic mass is 10.0. The number of aryl methyl sites for hydroxylation is 2. The van der Waals surface area contributed by atoms with Crippen LogP contribution in [-0.4, -0.2) is 65.6 Å². The van der Waals surface area contributed by atoms with E-state index < -0.39 is 29.2 Å². The number of carboxylic acids is 1. The largest absolute Gasteiger partial charge is 0.543 e. The molecule has 2 atom stereocenters. The Kier molecular flexibility index (Phi) is 5.79. The molecule has 2 aromatic rings. The van der Waals surface area contributed by atoms with Crippen LogP contribution in [0, 0.1) is 6.92 Å². The molecule has 4 heterocycles. The number of nitrogens with one attached hydrogen (secondary N) is 1. The van der Waals surface area contributed by atoms with E-state index in [0.29, 0.717) is 17.1 Å². The first kappa shape index (κ1) is 21.2. The van der Waals surface area contributed by atoms with E-state index in [4.69, 9.17) is 11.6 Å². The highest BCUT2D eigenvalue weighted by molar-refractivity contribution is 8.01. The van der Waals surface area contributed by atoms with Crippen LogP contribution >= 0.6 is 46.5 Å². The fourth-order valence-corrected chi connectivity index (χ4v) is 6.66. The molecule has 1 fully saturated rings. The number of fused-ring (bicyclic) bond motifs is 1. The summed E-state index contributed by atoms with van der Waals surface area (Å²) in [4.78, 5) is 38.1. The number of carboxylic acid groups (broad SMARTS) is 1. The van der Waals surface area contributed by atoms with Crippen molar-refractivity contribution in [3.8, 4) is 0 Å². The molecule has 0 aliphatic carbocycles. The van der Waals surface area contributed by atoms with E-state index in [-0.39, 0.29) is 16.4 Å². The standard InChI is InChI=1S/C16H15ClN6O4S3/c1-6-19-20-16(30-6)29-5-7-4-28-14-10(13(25)23(14)11(7)15(26)27)18-12(24)9-8(17)3-22(2)21-9/h3,10,14H,4-5H2,1-2H3,(H,18,24)(H,26,27)/p-1. The summed E-state index contributed by atoms with van der Waals surface area (Å²) >= 11 is 10.1. The van der Waals surface area contributed by atoms with Crippen LogP contribution in [0.4, 0.5) is 0 Å². The molecule has 158 valence electrons. The Hall–Kier alpha value is -2.09. The minimum absolute atomic E-state index is 0.00586. The van der Waals surface area contributed by atoms with Gasteiger partial charge in [0.05, 0.1) is 16.7 Å². The Morgan fingerprint density at radius 1 is 1.43 bits per heavy atom. The molecule has 1 saturated heterocycles. The molecule has 14 heteroatoms. The van der Waals surface area contributed by atoms with Gasteiger partial charge in [-0.2, -0.15) is 5.10 Å². The van der Waals surface area contributed by atoms with E-state index in [2.05, 4.69) is 20.6 Å². The van der Waals surface area contributed by atoms with Gasteiger partial charge in [-0.15, -0.1) is 22.0 Å². The number of nitrogens with zero attached hydrogens (tertiary/aromatic N) is 5. The molecule has 30 heavy (non-hydrogen) atoms. The van der Waals surface area contributed by atoms with Crippen molar-refractivity contribution in [2.24, 2.45) is 7.05 Å². The molecule has 0 saturated carbocycles. The van der Waals surface area contributed by atoms with E-state index >= 15 is 0 Å². The highest BCUT2D eigenvalue weighted by Crippen LogP contribution is 2.41. The molecule has 0 bridgehead atoms. The zero-order chi connectivity index (χ0) is 21.6. The summed E-state index contributed by atoms with van der Waals surface area (Å²) in [6.07, 6.45) is 1.47. The SMILES string of the molecule is Cc1nnc(SCC2=C(C(=O)[O-])N3C(=O)C(NC(=O)c4nn(C)cc4Cl)C3SC2)s1. The Labute approximate surface area is 188 Å². The number of aromatic nitrogens is 4. The molecule has 2 aliphatic heterocycles. The van der Waals surface area contributed by atoms with E-state index in [1.165, 1.54) is 50.6 Å². The van der Waals surface area contributed by atoms with Crippen LogP contribution in [0.3, 0.4) is 0 Å². The average Bonchev–Trinajstić information content (AvgIpc) is 3.27. The van der Waals surface area contributed by atoms with Crippen molar-refractivity contribution >= 4 is 64.2 Å².